The lowest BCUT2D eigenvalue weighted by Crippen LogP contribution is -2.09. The number of hydrogen-bond acceptors (Lipinski definition) is 3. The van der Waals surface area contributed by atoms with Crippen LogP contribution < -0.4 is 4.90 Å². The molecule has 2 nitrogen and oxygen atoms in total. The third kappa shape index (κ3) is 4.00. The largest absolute Gasteiger partial charge is 0.456 e. The molecular weight excluding hydrogens is 615 g/mol. The van der Waals surface area contributed by atoms with Gasteiger partial charge in [-0.05, 0) is 110 Å². The molecule has 2 aromatic heterocycles. The molecule has 2 heterocycles. The van der Waals surface area contributed by atoms with Gasteiger partial charge in [-0.1, -0.05) is 97.1 Å². The highest BCUT2D eigenvalue weighted by Gasteiger charge is 2.19. The van der Waals surface area contributed by atoms with Crippen LogP contribution in [0.4, 0.5) is 17.1 Å². The van der Waals surface area contributed by atoms with E-state index < -0.39 is 0 Å². The first-order chi connectivity index (χ1) is 24.3. The molecule has 0 amide bonds. The fourth-order valence-corrected chi connectivity index (χ4v) is 9.00. The number of fused-ring (bicyclic) bond motifs is 13. The van der Waals surface area contributed by atoms with E-state index in [9.17, 15) is 0 Å². The molecule has 3 heteroatoms. The van der Waals surface area contributed by atoms with Crippen LogP contribution in [0.3, 0.4) is 0 Å². The van der Waals surface area contributed by atoms with Crippen molar-refractivity contribution in [3.63, 3.8) is 0 Å². The summed E-state index contributed by atoms with van der Waals surface area (Å²) in [4.78, 5) is 2.39. The summed E-state index contributed by atoms with van der Waals surface area (Å²) in [5.41, 5.74) is 5.13. The Balaban J connectivity index is 1.18. The molecule has 0 atom stereocenters. The van der Waals surface area contributed by atoms with E-state index in [4.69, 9.17) is 4.42 Å². The van der Waals surface area contributed by atoms with E-state index in [1.807, 2.05) is 11.3 Å². The fraction of sp³-hybridized carbons (Fsp3) is 0. The number of rotatable bonds is 3. The molecule has 11 aromatic rings. The standard InChI is InChI=1S/C46H27NOS/c1-2-10-29-23-30(18-17-28(29)9-1)47(32-20-22-46-42(25-32)37-15-7-8-16-45(37)49-46)31-19-21-43-40(24-31)41-26-38-35-13-5-3-11-33(35)34-12-4-6-14-36(34)39(38)27-44(41)48-43/h1-27H. The maximum absolute atomic E-state index is 6.60. The summed E-state index contributed by atoms with van der Waals surface area (Å²) in [5.74, 6) is 0. The predicted molar refractivity (Wildman–Crippen MR) is 211 cm³/mol. The topological polar surface area (TPSA) is 16.4 Å². The average molecular weight is 642 g/mol. The number of furan rings is 1. The van der Waals surface area contributed by atoms with Gasteiger partial charge in [0.2, 0.25) is 0 Å². The average Bonchev–Trinajstić information content (AvgIpc) is 3.71. The Bertz CT molecular complexity index is 3130. The van der Waals surface area contributed by atoms with Crippen LogP contribution in [0.5, 0.6) is 0 Å². The zero-order valence-corrected chi connectivity index (χ0v) is 27.2. The monoisotopic (exact) mass is 641 g/mol. The minimum Gasteiger partial charge on any atom is -0.456 e. The molecular formula is C46H27NOS. The van der Waals surface area contributed by atoms with Crippen molar-refractivity contribution in [1.82, 2.24) is 0 Å². The first kappa shape index (κ1) is 26.9. The lowest BCUT2D eigenvalue weighted by molar-refractivity contribution is 0.669. The molecule has 0 radical (unpaired) electrons. The highest BCUT2D eigenvalue weighted by atomic mass is 32.1. The minimum absolute atomic E-state index is 0.889. The molecule has 0 saturated heterocycles. The zero-order chi connectivity index (χ0) is 32.1. The smallest absolute Gasteiger partial charge is 0.136 e. The Morgan fingerprint density at radius 2 is 0.857 bits per heavy atom. The van der Waals surface area contributed by atoms with Crippen LogP contribution in [-0.2, 0) is 0 Å². The minimum atomic E-state index is 0.889. The number of nitrogens with zero attached hydrogens (tertiary/aromatic N) is 1. The van der Waals surface area contributed by atoms with Gasteiger partial charge in [0.25, 0.3) is 0 Å². The van der Waals surface area contributed by atoms with Gasteiger partial charge in [0, 0.05) is 48.0 Å². The second-order valence-corrected chi connectivity index (χ2v) is 14.0. The number of anilines is 3. The summed E-state index contributed by atoms with van der Waals surface area (Å²) in [6.07, 6.45) is 0. The van der Waals surface area contributed by atoms with Crippen molar-refractivity contribution < 1.29 is 4.42 Å². The Hall–Kier alpha value is -6.16. The van der Waals surface area contributed by atoms with Crippen LogP contribution in [-0.4, -0.2) is 0 Å². The van der Waals surface area contributed by atoms with E-state index >= 15 is 0 Å². The van der Waals surface area contributed by atoms with Crippen LogP contribution in [0.15, 0.2) is 168 Å². The van der Waals surface area contributed by atoms with E-state index in [0.29, 0.717) is 0 Å². The van der Waals surface area contributed by atoms with E-state index in [1.54, 1.807) is 0 Å². The fourth-order valence-electron chi connectivity index (χ4n) is 7.92. The molecule has 0 fully saturated rings. The van der Waals surface area contributed by atoms with Crippen molar-refractivity contribution in [2.75, 3.05) is 4.90 Å². The van der Waals surface area contributed by atoms with Crippen molar-refractivity contribution in [3.05, 3.63) is 164 Å². The highest BCUT2D eigenvalue weighted by molar-refractivity contribution is 7.25. The molecule has 0 saturated carbocycles. The van der Waals surface area contributed by atoms with Gasteiger partial charge < -0.3 is 9.32 Å². The quantitative estimate of drug-likeness (QED) is 0.179. The summed E-state index contributed by atoms with van der Waals surface area (Å²) in [6.45, 7) is 0. The SMILES string of the molecule is c1ccc2cc(N(c3ccc4oc5cc6c7ccccc7c7ccccc7c6cc5c4c3)c3ccc4sc5ccccc5c4c3)ccc2c1. The van der Waals surface area contributed by atoms with Crippen LogP contribution in [0, 0.1) is 0 Å². The summed E-state index contributed by atoms with van der Waals surface area (Å²) < 4.78 is 9.21. The van der Waals surface area contributed by atoms with Crippen molar-refractivity contribution in [2.45, 2.75) is 0 Å². The molecule has 0 aliphatic heterocycles. The molecule has 0 bridgehead atoms. The molecule has 0 unspecified atom stereocenters. The van der Waals surface area contributed by atoms with E-state index in [2.05, 4.69) is 169 Å². The number of hydrogen-bond donors (Lipinski definition) is 0. The zero-order valence-electron chi connectivity index (χ0n) is 26.4. The van der Waals surface area contributed by atoms with Crippen molar-refractivity contribution in [1.29, 1.82) is 0 Å². The van der Waals surface area contributed by atoms with Crippen LogP contribution in [0.25, 0.3) is 85.2 Å². The first-order valence-corrected chi connectivity index (χ1v) is 17.5. The Morgan fingerprint density at radius 1 is 0.327 bits per heavy atom. The van der Waals surface area contributed by atoms with Gasteiger partial charge >= 0.3 is 0 Å². The van der Waals surface area contributed by atoms with E-state index in [1.165, 1.54) is 63.3 Å². The van der Waals surface area contributed by atoms with Crippen molar-refractivity contribution in [3.8, 4) is 0 Å². The van der Waals surface area contributed by atoms with Gasteiger partial charge in [-0.15, -0.1) is 11.3 Å². The van der Waals surface area contributed by atoms with Gasteiger partial charge in [0.05, 0.1) is 0 Å². The van der Waals surface area contributed by atoms with Crippen LogP contribution >= 0.6 is 11.3 Å². The van der Waals surface area contributed by atoms with Gasteiger partial charge in [0.15, 0.2) is 0 Å². The maximum atomic E-state index is 6.60. The van der Waals surface area contributed by atoms with Crippen molar-refractivity contribution in [2.24, 2.45) is 0 Å². The number of benzene rings is 9. The number of thiophene rings is 1. The maximum Gasteiger partial charge on any atom is 0.136 e. The molecule has 11 rings (SSSR count). The first-order valence-electron chi connectivity index (χ1n) is 16.7. The molecule has 9 aromatic carbocycles. The lowest BCUT2D eigenvalue weighted by atomic mass is 9.93. The summed E-state index contributed by atoms with van der Waals surface area (Å²) in [7, 11) is 0. The molecule has 0 aliphatic rings. The second-order valence-electron chi connectivity index (χ2n) is 12.9. The third-order valence-corrected chi connectivity index (χ3v) is 11.3. The van der Waals surface area contributed by atoms with E-state index in [-0.39, 0.29) is 0 Å². The normalized spacial score (nSPS) is 12.1. The summed E-state index contributed by atoms with van der Waals surface area (Å²) >= 11 is 1.85. The van der Waals surface area contributed by atoms with Gasteiger partial charge in [-0.3, -0.25) is 0 Å². The summed E-state index contributed by atoms with van der Waals surface area (Å²) in [6, 6.07) is 59.6. The lowest BCUT2D eigenvalue weighted by Gasteiger charge is -2.26. The third-order valence-electron chi connectivity index (χ3n) is 10.2. The molecule has 228 valence electrons. The Kier molecular flexibility index (Phi) is 5.57. The van der Waals surface area contributed by atoms with Crippen molar-refractivity contribution >= 4 is 114 Å². The second kappa shape index (κ2) is 10.2. The Morgan fingerprint density at radius 3 is 1.63 bits per heavy atom. The highest BCUT2D eigenvalue weighted by Crippen LogP contribution is 2.44. The predicted octanol–water partition coefficient (Wildman–Crippen LogP) is 14.0. The van der Waals surface area contributed by atoms with Gasteiger partial charge in [-0.2, -0.15) is 0 Å². The van der Waals surface area contributed by atoms with Gasteiger partial charge in [0.1, 0.15) is 11.2 Å². The molecule has 49 heavy (non-hydrogen) atoms. The van der Waals surface area contributed by atoms with Crippen LogP contribution in [0.2, 0.25) is 0 Å². The van der Waals surface area contributed by atoms with Gasteiger partial charge in [-0.25, -0.2) is 0 Å². The molecule has 0 N–H and O–H groups in total. The molecule has 0 aliphatic carbocycles. The Labute approximate surface area is 285 Å². The molecule has 0 spiro atoms. The van der Waals surface area contributed by atoms with E-state index in [0.717, 1.165) is 39.0 Å². The summed E-state index contributed by atoms with van der Waals surface area (Å²) in [5, 5.41) is 14.8. The van der Waals surface area contributed by atoms with Crippen LogP contribution in [0.1, 0.15) is 0 Å².